The lowest BCUT2D eigenvalue weighted by Gasteiger charge is -2.06. The van der Waals surface area contributed by atoms with Crippen molar-refractivity contribution in [3.8, 4) is 17.4 Å². The minimum absolute atomic E-state index is 0.152. The van der Waals surface area contributed by atoms with E-state index in [1.165, 1.54) is 6.08 Å². The molecule has 1 heterocycles. The van der Waals surface area contributed by atoms with Crippen molar-refractivity contribution in [2.45, 2.75) is 19.8 Å². The number of anilines is 1. The van der Waals surface area contributed by atoms with Crippen LogP contribution in [0.15, 0.2) is 64.6 Å². The molecule has 0 saturated heterocycles. The summed E-state index contributed by atoms with van der Waals surface area (Å²) in [4.78, 5) is 24.5. The highest BCUT2D eigenvalue weighted by molar-refractivity contribution is 6.36. The molecule has 3 rings (SSSR count). The summed E-state index contributed by atoms with van der Waals surface area (Å²) >= 11 is 12.1. The van der Waals surface area contributed by atoms with Gasteiger partial charge in [0, 0.05) is 22.3 Å². The van der Waals surface area contributed by atoms with Crippen LogP contribution in [-0.2, 0) is 9.53 Å². The second-order valence-corrected chi connectivity index (χ2v) is 7.86. The van der Waals surface area contributed by atoms with E-state index in [1.54, 1.807) is 54.6 Å². The van der Waals surface area contributed by atoms with Crippen LogP contribution >= 0.6 is 23.2 Å². The number of furan rings is 1. The molecule has 1 amide bonds. The predicted octanol–water partition coefficient (Wildman–Crippen LogP) is 6.76. The van der Waals surface area contributed by atoms with Gasteiger partial charge in [-0.2, -0.15) is 5.26 Å². The molecule has 0 aliphatic rings. The van der Waals surface area contributed by atoms with Crippen LogP contribution in [0.25, 0.3) is 17.4 Å². The molecular formula is C25H20Cl2N2O4. The van der Waals surface area contributed by atoms with Gasteiger partial charge < -0.3 is 14.5 Å². The Hall–Kier alpha value is -3.53. The van der Waals surface area contributed by atoms with Gasteiger partial charge >= 0.3 is 5.97 Å². The van der Waals surface area contributed by atoms with E-state index in [2.05, 4.69) is 5.32 Å². The number of carbonyl (C=O) groups excluding carboxylic acids is 2. The van der Waals surface area contributed by atoms with Gasteiger partial charge in [-0.05, 0) is 61.0 Å². The number of benzene rings is 2. The Kier molecular flexibility index (Phi) is 8.31. The van der Waals surface area contributed by atoms with E-state index < -0.39 is 11.9 Å². The Labute approximate surface area is 201 Å². The minimum atomic E-state index is -0.613. The normalized spacial score (nSPS) is 11.0. The molecule has 33 heavy (non-hydrogen) atoms. The monoisotopic (exact) mass is 482 g/mol. The van der Waals surface area contributed by atoms with Crippen LogP contribution in [0.3, 0.4) is 0 Å². The number of hydrogen-bond donors (Lipinski definition) is 1. The van der Waals surface area contributed by atoms with Gasteiger partial charge in [-0.3, -0.25) is 4.79 Å². The van der Waals surface area contributed by atoms with E-state index >= 15 is 0 Å². The number of hydrogen-bond acceptors (Lipinski definition) is 5. The van der Waals surface area contributed by atoms with Gasteiger partial charge in [0.1, 0.15) is 23.2 Å². The quantitative estimate of drug-likeness (QED) is 0.166. The molecule has 3 aromatic rings. The summed E-state index contributed by atoms with van der Waals surface area (Å²) < 4.78 is 10.9. The number of halogens is 2. The molecule has 0 saturated carbocycles. The zero-order valence-electron chi connectivity index (χ0n) is 17.7. The fourth-order valence-electron chi connectivity index (χ4n) is 2.84. The first kappa shape index (κ1) is 24.1. The highest BCUT2D eigenvalue weighted by Crippen LogP contribution is 2.32. The third-order valence-electron chi connectivity index (χ3n) is 4.58. The Bertz CT molecular complexity index is 1220. The number of amides is 1. The number of nitrogens with zero attached hydrogens (tertiary/aromatic N) is 1. The van der Waals surface area contributed by atoms with Crippen LogP contribution in [0, 0.1) is 11.3 Å². The first-order chi connectivity index (χ1) is 15.9. The van der Waals surface area contributed by atoms with Gasteiger partial charge in [0.15, 0.2) is 0 Å². The lowest BCUT2D eigenvalue weighted by Crippen LogP contribution is -2.13. The van der Waals surface area contributed by atoms with Gasteiger partial charge in [-0.15, -0.1) is 0 Å². The van der Waals surface area contributed by atoms with E-state index in [-0.39, 0.29) is 5.57 Å². The van der Waals surface area contributed by atoms with E-state index in [0.29, 0.717) is 45.0 Å². The molecule has 1 N–H and O–H groups in total. The van der Waals surface area contributed by atoms with Crippen molar-refractivity contribution in [3.05, 3.63) is 81.5 Å². The van der Waals surface area contributed by atoms with Crippen molar-refractivity contribution in [1.29, 1.82) is 5.26 Å². The van der Waals surface area contributed by atoms with Gasteiger partial charge in [0.2, 0.25) is 0 Å². The molecule has 1 aromatic heterocycles. The number of nitriles is 1. The summed E-state index contributed by atoms with van der Waals surface area (Å²) in [6.45, 7) is 2.37. The number of carbonyl (C=O) groups is 2. The topological polar surface area (TPSA) is 92.3 Å². The maximum absolute atomic E-state index is 12.5. The highest BCUT2D eigenvalue weighted by atomic mass is 35.5. The van der Waals surface area contributed by atoms with Crippen molar-refractivity contribution < 1.29 is 18.7 Å². The fraction of sp³-hybridized carbons (Fsp3) is 0.160. The lowest BCUT2D eigenvalue weighted by molar-refractivity contribution is -0.112. The molecule has 0 fully saturated rings. The first-order valence-corrected chi connectivity index (χ1v) is 10.9. The Balaban J connectivity index is 1.68. The van der Waals surface area contributed by atoms with Crippen LogP contribution in [0.1, 0.15) is 35.9 Å². The summed E-state index contributed by atoms with van der Waals surface area (Å²) in [6.07, 6.45) is 3.07. The second-order valence-electron chi connectivity index (χ2n) is 7.02. The highest BCUT2D eigenvalue weighted by Gasteiger charge is 2.14. The molecule has 0 radical (unpaired) electrons. The smallest absolute Gasteiger partial charge is 0.338 e. The number of unbranched alkanes of at least 4 members (excludes halogenated alkanes) is 1. The molecule has 8 heteroatoms. The Morgan fingerprint density at radius 1 is 1.12 bits per heavy atom. The summed E-state index contributed by atoms with van der Waals surface area (Å²) in [5.74, 6) is -0.249. The molecular weight excluding hydrogens is 463 g/mol. The van der Waals surface area contributed by atoms with Gasteiger partial charge in [-0.1, -0.05) is 36.5 Å². The number of esters is 1. The number of rotatable bonds is 8. The van der Waals surface area contributed by atoms with Crippen molar-refractivity contribution in [2.24, 2.45) is 0 Å². The largest absolute Gasteiger partial charge is 0.462 e. The van der Waals surface area contributed by atoms with E-state index in [9.17, 15) is 14.9 Å². The minimum Gasteiger partial charge on any atom is -0.462 e. The fourth-order valence-corrected chi connectivity index (χ4v) is 3.34. The zero-order valence-corrected chi connectivity index (χ0v) is 19.2. The third-order valence-corrected chi connectivity index (χ3v) is 5.13. The second kappa shape index (κ2) is 11.4. The molecule has 6 nitrogen and oxygen atoms in total. The zero-order chi connectivity index (χ0) is 23.8. The lowest BCUT2D eigenvalue weighted by atomic mass is 10.2. The van der Waals surface area contributed by atoms with E-state index in [4.69, 9.17) is 32.4 Å². The van der Waals surface area contributed by atoms with E-state index in [0.717, 1.165) is 12.8 Å². The maximum Gasteiger partial charge on any atom is 0.338 e. The molecule has 0 bridgehead atoms. The summed E-state index contributed by atoms with van der Waals surface area (Å²) in [6, 6.07) is 16.4. The molecule has 2 aromatic carbocycles. The van der Waals surface area contributed by atoms with Crippen molar-refractivity contribution in [3.63, 3.8) is 0 Å². The van der Waals surface area contributed by atoms with Gasteiger partial charge in [0.05, 0.1) is 17.2 Å². The molecule has 0 spiro atoms. The van der Waals surface area contributed by atoms with Gasteiger partial charge in [0.25, 0.3) is 5.91 Å². The number of ether oxygens (including phenoxy) is 1. The first-order valence-electron chi connectivity index (χ1n) is 10.2. The Morgan fingerprint density at radius 2 is 1.88 bits per heavy atom. The van der Waals surface area contributed by atoms with Crippen LogP contribution < -0.4 is 5.32 Å². The predicted molar refractivity (Wildman–Crippen MR) is 128 cm³/mol. The SMILES string of the molecule is CCCCOC(=O)c1ccc(NC(=O)/C(C#N)=C/c2ccc(-c3ccc(Cl)cc3Cl)o2)cc1. The van der Waals surface area contributed by atoms with Crippen LogP contribution in [0.2, 0.25) is 10.0 Å². The van der Waals surface area contributed by atoms with E-state index in [1.807, 2.05) is 13.0 Å². The van der Waals surface area contributed by atoms with Gasteiger partial charge in [-0.25, -0.2) is 4.79 Å². The summed E-state index contributed by atoms with van der Waals surface area (Å²) in [5.41, 5.74) is 1.29. The Morgan fingerprint density at radius 3 is 2.55 bits per heavy atom. The van der Waals surface area contributed by atoms with Crippen LogP contribution in [0.5, 0.6) is 0 Å². The molecule has 0 aliphatic carbocycles. The summed E-state index contributed by atoms with van der Waals surface area (Å²) in [7, 11) is 0. The third kappa shape index (κ3) is 6.48. The standard InChI is InChI=1S/C25H20Cl2N2O4/c1-2-3-12-32-25(31)16-4-7-19(8-5-16)29-24(30)17(15-28)13-20-9-11-23(33-20)21-10-6-18(26)14-22(21)27/h4-11,13-14H,2-3,12H2,1H3,(H,29,30)/b17-13+. The average Bonchev–Trinajstić information content (AvgIpc) is 3.26. The van der Waals surface area contributed by atoms with Crippen LogP contribution in [-0.4, -0.2) is 18.5 Å². The van der Waals surface area contributed by atoms with Crippen molar-refractivity contribution >= 4 is 46.8 Å². The molecule has 168 valence electrons. The summed E-state index contributed by atoms with van der Waals surface area (Å²) in [5, 5.41) is 13.0. The maximum atomic E-state index is 12.5. The van der Waals surface area contributed by atoms with Crippen molar-refractivity contribution in [2.75, 3.05) is 11.9 Å². The average molecular weight is 483 g/mol. The molecule has 0 aliphatic heterocycles. The molecule has 0 atom stereocenters. The van der Waals surface area contributed by atoms with Crippen LogP contribution in [0.4, 0.5) is 5.69 Å². The number of nitrogens with one attached hydrogen (secondary N) is 1. The molecule has 0 unspecified atom stereocenters. The van der Waals surface area contributed by atoms with Crippen molar-refractivity contribution in [1.82, 2.24) is 0 Å².